The Hall–Kier alpha value is -2.18. The molecule has 1 aliphatic rings. The third-order valence-electron chi connectivity index (χ3n) is 4.06. The monoisotopic (exact) mass is 302 g/mol. The van der Waals surface area contributed by atoms with Gasteiger partial charge in [-0.25, -0.2) is 9.67 Å². The van der Waals surface area contributed by atoms with Gasteiger partial charge in [0.25, 0.3) is 0 Å². The van der Waals surface area contributed by atoms with Crippen molar-refractivity contribution >= 4 is 5.91 Å². The average Bonchev–Trinajstić information content (AvgIpc) is 3.04. The van der Waals surface area contributed by atoms with Crippen LogP contribution in [-0.4, -0.2) is 48.4 Å². The maximum Gasteiger partial charge on any atom is 0.244 e. The first-order valence-electron chi connectivity index (χ1n) is 7.69. The molecule has 0 saturated carbocycles. The predicted octanol–water partition coefficient (Wildman–Crippen LogP) is 1.26. The van der Waals surface area contributed by atoms with Crippen LogP contribution in [0.5, 0.6) is 0 Å². The maximum atomic E-state index is 12.5. The molecule has 1 aliphatic heterocycles. The Balaban J connectivity index is 1.67. The molecule has 0 N–H and O–H groups in total. The van der Waals surface area contributed by atoms with Crippen LogP contribution >= 0.6 is 0 Å². The molecular formula is C15H22N6O. The third-order valence-corrected chi connectivity index (χ3v) is 4.06. The maximum absolute atomic E-state index is 12.5. The molecule has 2 aromatic rings. The lowest BCUT2D eigenvalue weighted by Crippen LogP contribution is -2.42. The number of amides is 1. The minimum atomic E-state index is 0.113. The quantitative estimate of drug-likeness (QED) is 0.856. The van der Waals surface area contributed by atoms with E-state index in [1.54, 1.807) is 10.9 Å². The van der Waals surface area contributed by atoms with E-state index in [0.29, 0.717) is 13.1 Å². The van der Waals surface area contributed by atoms with Gasteiger partial charge in [0.15, 0.2) is 0 Å². The fourth-order valence-corrected chi connectivity index (χ4v) is 3.05. The van der Waals surface area contributed by atoms with Crippen molar-refractivity contribution in [3.63, 3.8) is 0 Å². The SMILES string of the molecule is Cc1cnn(CC(=O)N2CCC[C@@H](n3nc(C)nc3C)C2)c1. The van der Waals surface area contributed by atoms with Crippen LogP contribution < -0.4 is 0 Å². The number of hydrogen-bond donors (Lipinski definition) is 0. The van der Waals surface area contributed by atoms with Crippen molar-refractivity contribution in [3.05, 3.63) is 29.6 Å². The summed E-state index contributed by atoms with van der Waals surface area (Å²) in [5.74, 6) is 1.81. The number of piperidine rings is 1. The van der Waals surface area contributed by atoms with Crippen LogP contribution in [0.1, 0.15) is 36.1 Å². The van der Waals surface area contributed by atoms with E-state index in [1.807, 2.05) is 36.5 Å². The van der Waals surface area contributed by atoms with Gasteiger partial charge in [0, 0.05) is 19.3 Å². The largest absolute Gasteiger partial charge is 0.339 e. The molecule has 1 amide bonds. The highest BCUT2D eigenvalue weighted by atomic mass is 16.2. The summed E-state index contributed by atoms with van der Waals surface area (Å²) >= 11 is 0. The lowest BCUT2D eigenvalue weighted by atomic mass is 10.1. The molecule has 0 unspecified atom stereocenters. The summed E-state index contributed by atoms with van der Waals surface area (Å²) in [6.07, 6.45) is 5.69. The highest BCUT2D eigenvalue weighted by Crippen LogP contribution is 2.22. The van der Waals surface area contributed by atoms with E-state index in [4.69, 9.17) is 0 Å². The molecule has 1 fully saturated rings. The number of carbonyl (C=O) groups is 1. The first kappa shape index (κ1) is 14.7. The van der Waals surface area contributed by atoms with Crippen molar-refractivity contribution in [2.75, 3.05) is 13.1 Å². The molecule has 0 aliphatic carbocycles. The molecule has 118 valence electrons. The summed E-state index contributed by atoms with van der Waals surface area (Å²) in [5, 5.41) is 8.65. The number of aromatic nitrogens is 5. The minimum absolute atomic E-state index is 0.113. The van der Waals surface area contributed by atoms with Crippen LogP contribution in [0.25, 0.3) is 0 Å². The Kier molecular flexibility index (Phi) is 3.96. The van der Waals surface area contributed by atoms with E-state index < -0.39 is 0 Å². The van der Waals surface area contributed by atoms with Crippen LogP contribution in [0.3, 0.4) is 0 Å². The van der Waals surface area contributed by atoms with Gasteiger partial charge in [-0.1, -0.05) is 0 Å². The lowest BCUT2D eigenvalue weighted by molar-refractivity contribution is -0.133. The van der Waals surface area contributed by atoms with Gasteiger partial charge in [0.05, 0.1) is 12.2 Å². The Morgan fingerprint density at radius 2 is 2.18 bits per heavy atom. The fourth-order valence-electron chi connectivity index (χ4n) is 3.05. The van der Waals surface area contributed by atoms with Crippen LogP contribution in [0.2, 0.25) is 0 Å². The number of aryl methyl sites for hydroxylation is 3. The topological polar surface area (TPSA) is 68.8 Å². The fraction of sp³-hybridized carbons (Fsp3) is 0.600. The van der Waals surface area contributed by atoms with Gasteiger partial charge < -0.3 is 4.90 Å². The second-order valence-corrected chi connectivity index (χ2v) is 6.00. The highest BCUT2D eigenvalue weighted by Gasteiger charge is 2.26. The van der Waals surface area contributed by atoms with Gasteiger partial charge in [-0.15, -0.1) is 0 Å². The summed E-state index contributed by atoms with van der Waals surface area (Å²) in [6.45, 7) is 7.64. The number of likely N-dealkylation sites (tertiary alicyclic amines) is 1. The van der Waals surface area contributed by atoms with Gasteiger partial charge >= 0.3 is 0 Å². The van der Waals surface area contributed by atoms with Gasteiger partial charge in [0.1, 0.15) is 18.2 Å². The summed E-state index contributed by atoms with van der Waals surface area (Å²) in [6, 6.07) is 0.221. The smallest absolute Gasteiger partial charge is 0.244 e. The Bertz CT molecular complexity index is 673. The van der Waals surface area contributed by atoms with Crippen molar-refractivity contribution in [3.8, 4) is 0 Å². The van der Waals surface area contributed by atoms with E-state index in [2.05, 4.69) is 15.2 Å². The molecular weight excluding hydrogens is 280 g/mol. The van der Waals surface area contributed by atoms with Crippen LogP contribution in [-0.2, 0) is 11.3 Å². The first-order chi connectivity index (χ1) is 10.5. The molecule has 2 aromatic heterocycles. The average molecular weight is 302 g/mol. The molecule has 3 rings (SSSR count). The standard InChI is InChI=1S/C15H22N6O/c1-11-7-16-20(8-11)10-15(22)19-6-4-5-14(9-19)21-13(3)17-12(2)18-21/h7-8,14H,4-6,9-10H2,1-3H3/t14-/m1/s1. The zero-order valence-corrected chi connectivity index (χ0v) is 13.4. The molecule has 22 heavy (non-hydrogen) atoms. The van der Waals surface area contributed by atoms with Crippen molar-refractivity contribution in [2.45, 2.75) is 46.2 Å². The van der Waals surface area contributed by atoms with Gasteiger partial charge in [-0.2, -0.15) is 10.2 Å². The molecule has 0 radical (unpaired) electrons. The van der Waals surface area contributed by atoms with Crippen LogP contribution in [0.15, 0.2) is 12.4 Å². The van der Waals surface area contributed by atoms with Crippen molar-refractivity contribution < 1.29 is 4.79 Å². The Morgan fingerprint density at radius 3 is 2.82 bits per heavy atom. The van der Waals surface area contributed by atoms with E-state index in [-0.39, 0.29) is 11.9 Å². The summed E-state index contributed by atoms with van der Waals surface area (Å²) < 4.78 is 3.67. The molecule has 0 aromatic carbocycles. The zero-order valence-electron chi connectivity index (χ0n) is 13.4. The van der Waals surface area contributed by atoms with Crippen molar-refractivity contribution in [1.29, 1.82) is 0 Å². The van der Waals surface area contributed by atoms with Crippen LogP contribution in [0.4, 0.5) is 0 Å². The highest BCUT2D eigenvalue weighted by molar-refractivity contribution is 5.76. The van der Waals surface area contributed by atoms with Crippen molar-refractivity contribution in [1.82, 2.24) is 29.4 Å². The van der Waals surface area contributed by atoms with Gasteiger partial charge in [-0.05, 0) is 39.2 Å². The normalized spacial score (nSPS) is 18.7. The molecule has 3 heterocycles. The molecule has 0 spiro atoms. The summed E-state index contributed by atoms with van der Waals surface area (Å²) in [4.78, 5) is 18.7. The lowest BCUT2D eigenvalue weighted by Gasteiger charge is -2.33. The van der Waals surface area contributed by atoms with Gasteiger partial charge in [-0.3, -0.25) is 9.48 Å². The Morgan fingerprint density at radius 1 is 1.36 bits per heavy atom. The van der Waals surface area contributed by atoms with E-state index in [1.165, 1.54) is 0 Å². The molecule has 7 nitrogen and oxygen atoms in total. The van der Waals surface area contributed by atoms with E-state index >= 15 is 0 Å². The van der Waals surface area contributed by atoms with E-state index in [9.17, 15) is 4.79 Å². The van der Waals surface area contributed by atoms with Gasteiger partial charge in [0.2, 0.25) is 5.91 Å². The number of carbonyl (C=O) groups excluding carboxylic acids is 1. The Labute approximate surface area is 129 Å². The molecule has 1 atom stereocenters. The van der Waals surface area contributed by atoms with Crippen molar-refractivity contribution in [2.24, 2.45) is 0 Å². The molecule has 7 heteroatoms. The first-order valence-corrected chi connectivity index (χ1v) is 7.69. The second-order valence-electron chi connectivity index (χ2n) is 6.00. The van der Waals surface area contributed by atoms with Crippen LogP contribution in [0, 0.1) is 20.8 Å². The summed E-state index contributed by atoms with van der Waals surface area (Å²) in [7, 11) is 0. The predicted molar refractivity (Wildman–Crippen MR) is 81.3 cm³/mol. The minimum Gasteiger partial charge on any atom is -0.339 e. The number of hydrogen-bond acceptors (Lipinski definition) is 4. The second kappa shape index (κ2) is 5.90. The third kappa shape index (κ3) is 3.03. The molecule has 0 bridgehead atoms. The summed E-state index contributed by atoms with van der Waals surface area (Å²) in [5.41, 5.74) is 1.07. The number of rotatable bonds is 3. The number of nitrogens with zero attached hydrogens (tertiary/aromatic N) is 6. The molecule has 1 saturated heterocycles. The zero-order chi connectivity index (χ0) is 15.7. The van der Waals surface area contributed by atoms with E-state index in [0.717, 1.165) is 36.6 Å².